The van der Waals surface area contributed by atoms with Gasteiger partial charge in [-0.2, -0.15) is 0 Å². The van der Waals surface area contributed by atoms with E-state index in [-0.39, 0.29) is 26.5 Å². The highest BCUT2D eigenvalue weighted by atomic mass is 16.6. The van der Waals surface area contributed by atoms with Crippen LogP contribution >= 0.6 is 0 Å². The molecule has 0 spiro atoms. The quantitative estimate of drug-likeness (QED) is 0.0309. The molecule has 0 saturated carbocycles. The van der Waals surface area contributed by atoms with Crippen molar-refractivity contribution in [2.24, 2.45) is 0 Å². The number of aromatic nitrogens is 16. The van der Waals surface area contributed by atoms with Gasteiger partial charge in [-0.15, -0.1) is 0 Å². The molecule has 137 heavy (non-hydrogen) atoms. The van der Waals surface area contributed by atoms with E-state index in [1.165, 1.54) is 29.1 Å². The molecular weight excluding hydrogens is 1710 g/mol. The number of hydrogen-bond acceptors (Lipinski definition) is 18. The fourth-order valence-corrected chi connectivity index (χ4v) is 17.7. The number of hydrogen-bond donors (Lipinski definition) is 1. The summed E-state index contributed by atoms with van der Waals surface area (Å²) in [6.07, 6.45) is 20.4. The number of nitrogens with zero attached hydrogens (tertiary/aromatic N) is 19. The number of benzene rings is 6. The molecule has 0 unspecified atom stereocenters. The molecule has 0 aliphatic rings. The maximum absolute atomic E-state index is 12.9. The van der Waals surface area contributed by atoms with Gasteiger partial charge in [-0.25, -0.2) is 39.3 Å². The molecule has 0 saturated heterocycles. The molecule has 22 rings (SSSR count). The van der Waals surface area contributed by atoms with Crippen molar-refractivity contribution in [2.75, 3.05) is 42.3 Å². The predicted octanol–water partition coefficient (Wildman–Crippen LogP) is 23.7. The van der Waals surface area contributed by atoms with Crippen LogP contribution in [-0.4, -0.2) is 142 Å². The Morgan fingerprint density at radius 3 is 1.00 bits per heavy atom. The van der Waals surface area contributed by atoms with Gasteiger partial charge in [-0.3, -0.25) is 28.9 Å². The number of pyridine rings is 12. The van der Waals surface area contributed by atoms with Gasteiger partial charge in [0.1, 0.15) is 46.0 Å². The monoisotopic (exact) mass is 1800 g/mol. The molecule has 0 fully saturated rings. The van der Waals surface area contributed by atoms with Gasteiger partial charge in [-0.05, 0) is 171 Å². The maximum atomic E-state index is 12.9. The first-order valence-electron chi connectivity index (χ1n) is 43.8. The number of ether oxygens (including phenoxy) is 1. The molecule has 0 atom stereocenters. The van der Waals surface area contributed by atoms with Gasteiger partial charge in [0.15, 0.2) is 5.65 Å². The van der Waals surface area contributed by atoms with Crippen molar-refractivity contribution in [3.8, 4) is 45.0 Å². The third-order valence-electron chi connectivity index (χ3n) is 23.8. The highest BCUT2D eigenvalue weighted by Gasteiger charge is 2.43. The van der Waals surface area contributed by atoms with Crippen LogP contribution in [0.1, 0.15) is 54.2 Å². The number of fused-ring (bicyclic) bond motifs is 12. The van der Waals surface area contributed by atoms with Crippen molar-refractivity contribution in [3.05, 3.63) is 446 Å². The fourth-order valence-electron chi connectivity index (χ4n) is 17.7. The summed E-state index contributed by atoms with van der Waals surface area (Å²) in [6, 6.07) is 102. The molecule has 0 radical (unpaired) electrons. The lowest BCUT2D eigenvalue weighted by Gasteiger charge is -2.38. The Morgan fingerprint density at radius 1 is 0.336 bits per heavy atom. The molecule has 26 heteroatoms. The van der Waals surface area contributed by atoms with Crippen molar-refractivity contribution in [1.82, 2.24) is 87.5 Å². The lowest BCUT2D eigenvalue weighted by molar-refractivity contribution is -0.389. The Morgan fingerprint density at radius 2 is 0.642 bits per heavy atom. The van der Waals surface area contributed by atoms with Crippen LogP contribution in [0.2, 0.25) is 0 Å². The largest absolute Gasteiger partial charge is 0.443 e. The molecule has 22 aromatic rings. The van der Waals surface area contributed by atoms with Gasteiger partial charge < -0.3 is 53.9 Å². The summed E-state index contributed by atoms with van der Waals surface area (Å²) >= 11 is 0. The normalized spacial score (nSPS) is 11.7. The summed E-state index contributed by atoms with van der Waals surface area (Å²) in [4.78, 5) is 91.9. The summed E-state index contributed by atoms with van der Waals surface area (Å²) in [5.74, 6) is 1.49. The smallest absolute Gasteiger partial charge is 0.420 e. The molecule has 676 valence electrons. The SMILES string of the molecule is CC(C)(C)OC(=O)n1c2ccncc2c2ccc(-c3ccnc([N+](=O)[O-])c3)nc21.C[N+](C)(C)c1cc(-c2ccc3c(n2)[nH]c2ccncc23)ccn1.C[N+](C)(C)c1cc(-c2ccc3c4cnccc4n(C(c4ccccc4)(c4ccccc4)c4ccccc4)c3n2)ccn1.O=[N+]([O-])c1cc(-c2ccc3c4cnccc4n(C(c4ccccc4)(c4ccccc4)c4ccccc4)c3n2)ccn1.[CH3-].[CH3-]. The molecule has 0 bridgehead atoms. The Bertz CT molecular complexity index is 8010. The number of carbonyl (C=O) groups excluding carboxylic acids is 1. The minimum atomic E-state index is -0.805. The van der Waals surface area contributed by atoms with E-state index in [4.69, 9.17) is 19.7 Å². The maximum Gasteiger partial charge on any atom is 0.420 e. The average Bonchev–Trinajstić information content (AvgIpc) is 1.56. The number of carbonyl (C=O) groups is 1. The van der Waals surface area contributed by atoms with Crippen molar-refractivity contribution >= 4 is 117 Å². The van der Waals surface area contributed by atoms with Crippen LogP contribution in [0.25, 0.3) is 133 Å². The molecular formula is C111H96N20O6. The Labute approximate surface area is 790 Å². The lowest BCUT2D eigenvalue weighted by atomic mass is 9.76. The third kappa shape index (κ3) is 17.5. The fraction of sp³-hybridized carbons (Fsp3) is 0.108. The minimum Gasteiger partial charge on any atom is -0.443 e. The summed E-state index contributed by atoms with van der Waals surface area (Å²) < 4.78 is 13.0. The third-order valence-corrected chi connectivity index (χ3v) is 23.8. The molecule has 16 aromatic heterocycles. The van der Waals surface area contributed by atoms with Crippen LogP contribution in [0.4, 0.5) is 28.1 Å². The number of quaternary nitrogens is 2. The minimum absolute atomic E-state index is 0. The number of H-pyrrole nitrogens is 1. The van der Waals surface area contributed by atoms with Crippen LogP contribution in [0, 0.1) is 35.1 Å². The second-order valence-electron chi connectivity index (χ2n) is 35.3. The van der Waals surface area contributed by atoms with Crippen molar-refractivity contribution in [2.45, 2.75) is 37.5 Å². The number of rotatable bonds is 16. The van der Waals surface area contributed by atoms with E-state index in [0.29, 0.717) is 42.6 Å². The standard InChI is InChI=1S/C37H32N5.C34H23N5O2.C20H17N5O4.C18H18N5.2CH3/c1-42(2,3)35-25-27(21-24-39-35)33-20-19-31-32-26-38-23-22-34(32)41(36(31)40-33)37(28-13-7-4-8-14-28,29-15-9-5-10-16-29)30-17-11-6-12-18-30;40-39(41)32-22-24(18-21-36-32)30-17-16-28-29-23-35-20-19-31(29)38(33(28)37-30)34(25-10-4-1-5-11-25,26-12-6-2-7-13-26)27-14-8-3-9-15-27;1-20(2,3)29-19(26)24-16-7-8-21-11-14(16)13-4-5-15(23-18(13)24)12-6-9-22-17(10-12)25(27)28;1-23(2,3)17-10-12(6-9-20-17)15-5-4-13-14-11-19-8-7-16(14)22-18(13)21-15;;/h4-26H,1-3H3;1-23H;4-11H,1-3H3;4-11H,1-3H3,(H,21,22);2*1H3/q+1;;;+1;2*-1. The van der Waals surface area contributed by atoms with E-state index >= 15 is 0 Å². The number of nitrogens with one attached hydrogen (secondary N) is 1. The molecule has 0 amide bonds. The summed E-state index contributed by atoms with van der Waals surface area (Å²) in [6.45, 7) is 5.36. The van der Waals surface area contributed by atoms with Crippen molar-refractivity contribution in [1.29, 1.82) is 0 Å². The highest BCUT2D eigenvalue weighted by Crippen LogP contribution is 2.49. The highest BCUT2D eigenvalue weighted by molar-refractivity contribution is 6.12. The van der Waals surface area contributed by atoms with Crippen LogP contribution in [0.3, 0.4) is 0 Å². The summed E-state index contributed by atoms with van der Waals surface area (Å²) in [5.41, 5.74) is 17.3. The second kappa shape index (κ2) is 37.6. The van der Waals surface area contributed by atoms with E-state index in [9.17, 15) is 25.0 Å². The van der Waals surface area contributed by atoms with E-state index in [2.05, 4.69) is 308 Å². The molecule has 1 N–H and O–H groups in total. The lowest BCUT2D eigenvalue weighted by Crippen LogP contribution is -2.37. The zero-order valence-corrected chi connectivity index (χ0v) is 77.2. The first kappa shape index (κ1) is 91.4. The van der Waals surface area contributed by atoms with Gasteiger partial charge in [0.2, 0.25) is 11.6 Å². The van der Waals surface area contributed by atoms with Gasteiger partial charge in [0.25, 0.3) is 0 Å². The Balaban J connectivity index is 0.000000129. The van der Waals surface area contributed by atoms with Crippen molar-refractivity contribution < 1.29 is 19.4 Å². The van der Waals surface area contributed by atoms with E-state index in [1.807, 2.05) is 97.8 Å². The Hall–Kier alpha value is -17.5. The predicted molar refractivity (Wildman–Crippen MR) is 546 cm³/mol. The molecule has 0 aliphatic heterocycles. The van der Waals surface area contributed by atoms with Crippen LogP contribution in [0.5, 0.6) is 0 Å². The van der Waals surface area contributed by atoms with Gasteiger partial charge >= 0.3 is 17.7 Å². The number of aromatic amines is 1. The molecule has 0 aliphatic carbocycles. The van der Waals surface area contributed by atoms with Crippen LogP contribution in [-0.2, 0) is 15.8 Å². The van der Waals surface area contributed by atoms with Gasteiger partial charge in [-0.1, -0.05) is 182 Å². The summed E-state index contributed by atoms with van der Waals surface area (Å²) in [5, 5.41) is 30.2. The zero-order chi connectivity index (χ0) is 93.3. The van der Waals surface area contributed by atoms with Crippen molar-refractivity contribution in [3.63, 3.8) is 0 Å². The second-order valence-corrected chi connectivity index (χ2v) is 35.3. The number of nitro groups is 2. The first-order chi connectivity index (χ1) is 65.4. The molecule has 26 nitrogen and oxygen atoms in total. The van der Waals surface area contributed by atoms with Crippen LogP contribution < -0.4 is 8.97 Å². The van der Waals surface area contributed by atoms with E-state index in [1.54, 1.807) is 69.8 Å². The van der Waals surface area contributed by atoms with Crippen LogP contribution in [0.15, 0.2) is 378 Å². The molecule has 6 aromatic carbocycles. The summed E-state index contributed by atoms with van der Waals surface area (Å²) in [7, 11) is 12.7. The van der Waals surface area contributed by atoms with Gasteiger partial charge in [0.05, 0.1) is 87.1 Å². The first-order valence-corrected chi connectivity index (χ1v) is 43.8. The molecule has 16 heterocycles. The van der Waals surface area contributed by atoms with E-state index in [0.717, 1.165) is 144 Å². The van der Waals surface area contributed by atoms with Gasteiger partial charge in [0, 0.05) is 152 Å². The Kier molecular flexibility index (Phi) is 25.1. The van der Waals surface area contributed by atoms with E-state index < -0.39 is 32.6 Å². The topological polar surface area (TPSA) is 298 Å². The average molecular weight is 1810 g/mol. The zero-order valence-electron chi connectivity index (χ0n) is 77.2.